The third-order valence-electron chi connectivity index (χ3n) is 5.26. The highest BCUT2D eigenvalue weighted by atomic mass is 31.2. The van der Waals surface area contributed by atoms with Gasteiger partial charge in [-0.2, -0.15) is 0 Å². The molecule has 2 aromatic heterocycles. The van der Waals surface area contributed by atoms with Crippen LogP contribution in [-0.4, -0.2) is 51.2 Å². The van der Waals surface area contributed by atoms with Crippen molar-refractivity contribution in [3.63, 3.8) is 0 Å². The lowest BCUT2D eigenvalue weighted by Gasteiger charge is -2.12. The number of hydrogen-bond donors (Lipinski definition) is 3. The van der Waals surface area contributed by atoms with Crippen molar-refractivity contribution in [2.75, 3.05) is 32.2 Å². The summed E-state index contributed by atoms with van der Waals surface area (Å²) < 4.78 is 24.0. The molecule has 0 saturated carbocycles. The number of rotatable bonds is 9. The van der Waals surface area contributed by atoms with E-state index in [2.05, 4.69) is 19.9 Å². The van der Waals surface area contributed by atoms with E-state index >= 15 is 0 Å². The smallest absolute Gasteiger partial charge is 0.325 e. The minimum atomic E-state index is -4.03. The minimum absolute atomic E-state index is 0.180. The van der Waals surface area contributed by atoms with Crippen molar-refractivity contribution >= 4 is 35.3 Å². The second-order valence-corrected chi connectivity index (χ2v) is 9.18. The van der Waals surface area contributed by atoms with Gasteiger partial charge in [0.25, 0.3) is 0 Å². The van der Waals surface area contributed by atoms with Gasteiger partial charge in [0.2, 0.25) is 0 Å². The normalized spacial score (nSPS) is 11.8. The zero-order chi connectivity index (χ0) is 22.7. The summed E-state index contributed by atoms with van der Waals surface area (Å²) in [5.41, 5.74) is 3.64. The third-order valence-corrected chi connectivity index (χ3v) is 6.16. The van der Waals surface area contributed by atoms with Gasteiger partial charge in [0.1, 0.15) is 28.9 Å². The predicted octanol–water partition coefficient (Wildman–Crippen LogP) is 3.63. The molecule has 4 rings (SSSR count). The molecule has 0 saturated heterocycles. The first-order chi connectivity index (χ1) is 15.4. The van der Waals surface area contributed by atoms with E-state index in [1.54, 1.807) is 14.2 Å². The molecule has 0 amide bonds. The monoisotopic (exact) mass is 456 g/mol. The molecule has 0 aliphatic carbocycles. The van der Waals surface area contributed by atoms with Gasteiger partial charge >= 0.3 is 7.60 Å². The van der Waals surface area contributed by atoms with Crippen LogP contribution in [0.3, 0.4) is 0 Å². The number of hydrogen-bond acceptors (Lipinski definition) is 6. The summed E-state index contributed by atoms with van der Waals surface area (Å²) in [5.74, 6) is 2.14. The van der Waals surface area contributed by atoms with Crippen LogP contribution in [0.25, 0.3) is 21.9 Å². The van der Waals surface area contributed by atoms with Crippen LogP contribution in [0, 0.1) is 0 Å². The van der Waals surface area contributed by atoms with E-state index in [0.717, 1.165) is 39.0 Å². The van der Waals surface area contributed by atoms with Crippen molar-refractivity contribution in [1.82, 2.24) is 14.5 Å². The van der Waals surface area contributed by atoms with E-state index in [-0.39, 0.29) is 6.16 Å². The first-order valence-corrected chi connectivity index (χ1v) is 11.9. The number of aromatic nitrogens is 3. The summed E-state index contributed by atoms with van der Waals surface area (Å²) in [7, 11) is -0.767. The molecule has 0 radical (unpaired) electrons. The van der Waals surface area contributed by atoms with Gasteiger partial charge in [-0.15, -0.1) is 0 Å². The Morgan fingerprint density at radius 2 is 1.75 bits per heavy atom. The first-order valence-electron chi connectivity index (χ1n) is 10.1. The van der Waals surface area contributed by atoms with Crippen molar-refractivity contribution in [1.29, 1.82) is 0 Å². The molecule has 32 heavy (non-hydrogen) atoms. The molecule has 0 spiro atoms. The SMILES string of the molecule is COc1ccc(Cn2c3cc(OC)ccc3c3ncnc(NCCCP(=O)(O)O)c32)cc1. The Morgan fingerprint density at radius 3 is 2.44 bits per heavy atom. The lowest BCUT2D eigenvalue weighted by molar-refractivity contribution is 0.372. The topological polar surface area (TPSA) is 119 Å². The molecule has 2 heterocycles. The van der Waals surface area contributed by atoms with E-state index in [9.17, 15) is 4.57 Å². The molecule has 0 aliphatic heterocycles. The van der Waals surface area contributed by atoms with E-state index in [4.69, 9.17) is 19.3 Å². The van der Waals surface area contributed by atoms with Gasteiger partial charge in [0.15, 0.2) is 5.82 Å². The molecule has 3 N–H and O–H groups in total. The fourth-order valence-electron chi connectivity index (χ4n) is 3.71. The van der Waals surface area contributed by atoms with Gasteiger partial charge in [-0.05, 0) is 36.2 Å². The fraction of sp³-hybridized carbons (Fsp3) is 0.273. The van der Waals surface area contributed by atoms with Crippen LogP contribution in [0.4, 0.5) is 5.82 Å². The van der Waals surface area contributed by atoms with Crippen LogP contribution in [0.5, 0.6) is 11.5 Å². The Kier molecular flexibility index (Phi) is 6.32. The molecular weight excluding hydrogens is 431 g/mol. The highest BCUT2D eigenvalue weighted by Gasteiger charge is 2.18. The van der Waals surface area contributed by atoms with Crippen molar-refractivity contribution in [3.05, 3.63) is 54.4 Å². The molecule has 0 unspecified atom stereocenters. The molecular formula is C22H25N4O5P. The van der Waals surface area contributed by atoms with Crippen molar-refractivity contribution in [3.8, 4) is 11.5 Å². The average Bonchev–Trinajstić information content (AvgIpc) is 3.10. The Hall–Kier alpha value is -3.13. The average molecular weight is 456 g/mol. The zero-order valence-corrected chi connectivity index (χ0v) is 18.7. The number of methoxy groups -OCH3 is 2. The molecule has 168 valence electrons. The third kappa shape index (κ3) is 4.70. The van der Waals surface area contributed by atoms with Crippen LogP contribution < -0.4 is 14.8 Å². The Labute approximate surface area is 185 Å². The molecule has 4 aromatic rings. The summed E-state index contributed by atoms with van der Waals surface area (Å²) in [6.45, 7) is 0.951. The highest BCUT2D eigenvalue weighted by molar-refractivity contribution is 7.51. The standard InChI is InChI=1S/C22H25N4O5P/c1-30-16-6-4-15(5-7-16)13-26-19-12-17(31-2)8-9-18(19)20-21(26)22(25-14-24-20)23-10-3-11-32(27,28)29/h4-9,12,14H,3,10-11,13H2,1-2H3,(H,23,24,25)(H2,27,28,29). The highest BCUT2D eigenvalue weighted by Crippen LogP contribution is 2.36. The molecule has 2 aromatic carbocycles. The number of benzene rings is 2. The molecule has 0 bridgehead atoms. The van der Waals surface area contributed by atoms with Crippen molar-refractivity contribution in [2.45, 2.75) is 13.0 Å². The zero-order valence-electron chi connectivity index (χ0n) is 17.9. The van der Waals surface area contributed by atoms with Crippen LogP contribution in [0.2, 0.25) is 0 Å². The fourth-order valence-corrected chi connectivity index (χ4v) is 4.28. The summed E-state index contributed by atoms with van der Waals surface area (Å²) in [6, 6.07) is 13.7. The maximum atomic E-state index is 11.2. The minimum Gasteiger partial charge on any atom is -0.497 e. The van der Waals surface area contributed by atoms with Gasteiger partial charge in [-0.3, -0.25) is 4.57 Å². The predicted molar refractivity (Wildman–Crippen MR) is 124 cm³/mol. The van der Waals surface area contributed by atoms with E-state index < -0.39 is 7.60 Å². The Balaban J connectivity index is 1.78. The quantitative estimate of drug-likeness (QED) is 0.258. The number of anilines is 1. The van der Waals surface area contributed by atoms with Crippen LogP contribution in [-0.2, 0) is 11.1 Å². The summed E-state index contributed by atoms with van der Waals surface area (Å²) >= 11 is 0. The van der Waals surface area contributed by atoms with Gasteiger partial charge < -0.3 is 29.1 Å². The summed E-state index contributed by atoms with van der Waals surface area (Å²) in [6.07, 6.45) is 1.64. The molecule has 0 fully saturated rings. The molecule has 0 atom stereocenters. The van der Waals surface area contributed by atoms with E-state index in [1.165, 1.54) is 6.33 Å². The van der Waals surface area contributed by atoms with E-state index in [0.29, 0.717) is 25.3 Å². The number of ether oxygens (including phenoxy) is 2. The van der Waals surface area contributed by atoms with Gasteiger partial charge in [-0.25, -0.2) is 9.97 Å². The number of nitrogens with one attached hydrogen (secondary N) is 1. The van der Waals surface area contributed by atoms with Crippen molar-refractivity contribution < 1.29 is 23.8 Å². The van der Waals surface area contributed by atoms with Crippen LogP contribution in [0.1, 0.15) is 12.0 Å². The molecule has 0 aliphatic rings. The second kappa shape index (κ2) is 9.16. The Bertz CT molecular complexity index is 1280. The van der Waals surface area contributed by atoms with Gasteiger partial charge in [0.05, 0.1) is 25.9 Å². The van der Waals surface area contributed by atoms with Crippen LogP contribution >= 0.6 is 7.60 Å². The Morgan fingerprint density at radius 1 is 1.03 bits per heavy atom. The van der Waals surface area contributed by atoms with Crippen molar-refractivity contribution in [2.24, 2.45) is 0 Å². The number of nitrogens with zero attached hydrogens (tertiary/aromatic N) is 3. The first kappa shape index (κ1) is 22.1. The molecule has 9 nitrogen and oxygen atoms in total. The van der Waals surface area contributed by atoms with Gasteiger partial charge in [0, 0.05) is 24.5 Å². The number of fused-ring (bicyclic) bond motifs is 3. The summed E-state index contributed by atoms with van der Waals surface area (Å²) in [5, 5.41) is 4.20. The van der Waals surface area contributed by atoms with E-state index in [1.807, 2.05) is 42.5 Å². The maximum absolute atomic E-state index is 11.2. The second-order valence-electron chi connectivity index (χ2n) is 7.41. The van der Waals surface area contributed by atoms with Crippen LogP contribution in [0.15, 0.2) is 48.8 Å². The lowest BCUT2D eigenvalue weighted by Crippen LogP contribution is -2.09. The molecule has 10 heteroatoms. The lowest BCUT2D eigenvalue weighted by atomic mass is 10.2. The van der Waals surface area contributed by atoms with Gasteiger partial charge in [-0.1, -0.05) is 12.1 Å². The maximum Gasteiger partial charge on any atom is 0.325 e. The largest absolute Gasteiger partial charge is 0.497 e. The summed E-state index contributed by atoms with van der Waals surface area (Å²) in [4.78, 5) is 27.2.